The second kappa shape index (κ2) is 7.26. The first-order valence-electron chi connectivity index (χ1n) is 7.35. The predicted octanol–water partition coefficient (Wildman–Crippen LogP) is 3.28. The highest BCUT2D eigenvalue weighted by Gasteiger charge is 2.38. The summed E-state index contributed by atoms with van der Waals surface area (Å²) in [6.07, 6.45) is -5.52. The van der Waals surface area contributed by atoms with Gasteiger partial charge in [-0.05, 0) is 23.6 Å². The van der Waals surface area contributed by atoms with Gasteiger partial charge in [0.25, 0.3) is 5.91 Å². The van der Waals surface area contributed by atoms with E-state index in [1.165, 1.54) is 35.6 Å². The maximum Gasteiger partial charge on any atom is 0.471 e. The molecule has 1 aromatic carbocycles. The van der Waals surface area contributed by atoms with E-state index in [2.05, 4.69) is 20.0 Å². The molecule has 0 radical (unpaired) electrons. The van der Waals surface area contributed by atoms with E-state index in [1.807, 2.05) is 5.38 Å². The standard InChI is InChI=1S/C16H12F3N3O3S/c17-16(18,19)15-21-13(22-25-15)9-3-5-10(6-4-9)14(24)20-8-11(23)12-2-1-7-26-12/h1-7,11,23H,8H2,(H,20,24)/t11-/m0/s1. The Morgan fingerprint density at radius 3 is 2.58 bits per heavy atom. The molecule has 10 heteroatoms. The number of halogens is 3. The lowest BCUT2D eigenvalue weighted by Crippen LogP contribution is -2.28. The fourth-order valence-corrected chi connectivity index (χ4v) is 2.81. The second-order valence-corrected chi connectivity index (χ2v) is 6.22. The molecule has 0 unspecified atom stereocenters. The molecule has 3 rings (SSSR count). The van der Waals surface area contributed by atoms with Gasteiger partial charge in [0.05, 0.1) is 0 Å². The smallest absolute Gasteiger partial charge is 0.386 e. The Bertz CT molecular complexity index is 876. The first-order chi connectivity index (χ1) is 12.3. The van der Waals surface area contributed by atoms with Gasteiger partial charge in [-0.25, -0.2) is 0 Å². The Morgan fingerprint density at radius 1 is 1.27 bits per heavy atom. The Kier molecular flexibility index (Phi) is 5.05. The van der Waals surface area contributed by atoms with Crippen molar-refractivity contribution in [2.24, 2.45) is 0 Å². The van der Waals surface area contributed by atoms with Gasteiger partial charge >= 0.3 is 12.1 Å². The molecule has 3 aromatic rings. The Balaban J connectivity index is 1.63. The fraction of sp³-hybridized carbons (Fsp3) is 0.188. The summed E-state index contributed by atoms with van der Waals surface area (Å²) >= 11 is 1.38. The largest absolute Gasteiger partial charge is 0.471 e. The average molecular weight is 383 g/mol. The van der Waals surface area contributed by atoms with Crippen LogP contribution in [0.15, 0.2) is 46.3 Å². The molecule has 2 N–H and O–H groups in total. The van der Waals surface area contributed by atoms with Crippen molar-refractivity contribution in [2.45, 2.75) is 12.3 Å². The number of alkyl halides is 3. The molecule has 1 atom stereocenters. The number of hydrogen-bond donors (Lipinski definition) is 2. The van der Waals surface area contributed by atoms with Crippen molar-refractivity contribution < 1.29 is 27.6 Å². The number of nitrogens with one attached hydrogen (secondary N) is 1. The van der Waals surface area contributed by atoms with Crippen LogP contribution in [0.3, 0.4) is 0 Å². The SMILES string of the molecule is O=C(NC[C@H](O)c1cccs1)c1ccc(-c2noc(C(F)(F)F)n2)cc1. The first kappa shape index (κ1) is 18.1. The van der Waals surface area contributed by atoms with E-state index in [0.717, 1.165) is 4.88 Å². The molecule has 0 fully saturated rings. The molecular weight excluding hydrogens is 371 g/mol. The number of thiophene rings is 1. The number of amides is 1. The zero-order valence-corrected chi connectivity index (χ0v) is 13.8. The molecule has 0 aliphatic carbocycles. The molecule has 26 heavy (non-hydrogen) atoms. The van der Waals surface area contributed by atoms with Crippen LogP contribution < -0.4 is 5.32 Å². The van der Waals surface area contributed by atoms with Gasteiger partial charge in [-0.3, -0.25) is 4.79 Å². The maximum absolute atomic E-state index is 12.5. The Morgan fingerprint density at radius 2 is 2.00 bits per heavy atom. The third kappa shape index (κ3) is 4.09. The topological polar surface area (TPSA) is 88.2 Å². The first-order valence-corrected chi connectivity index (χ1v) is 8.23. The van der Waals surface area contributed by atoms with Crippen molar-refractivity contribution in [2.75, 3.05) is 6.54 Å². The van der Waals surface area contributed by atoms with Gasteiger partial charge in [0.1, 0.15) is 6.10 Å². The van der Waals surface area contributed by atoms with Gasteiger partial charge in [0, 0.05) is 22.5 Å². The lowest BCUT2D eigenvalue weighted by atomic mass is 10.1. The van der Waals surface area contributed by atoms with Crippen LogP contribution in [0, 0.1) is 0 Å². The number of carbonyl (C=O) groups excluding carboxylic acids is 1. The molecular formula is C16H12F3N3O3S. The zero-order valence-electron chi connectivity index (χ0n) is 13.0. The third-order valence-electron chi connectivity index (χ3n) is 3.40. The van der Waals surface area contributed by atoms with Crippen molar-refractivity contribution >= 4 is 17.2 Å². The van der Waals surface area contributed by atoms with Gasteiger partial charge < -0.3 is 14.9 Å². The molecule has 2 aromatic heterocycles. The summed E-state index contributed by atoms with van der Waals surface area (Å²) in [6, 6.07) is 9.23. The average Bonchev–Trinajstić information content (AvgIpc) is 3.30. The van der Waals surface area contributed by atoms with Gasteiger partial charge in [-0.1, -0.05) is 23.4 Å². The molecule has 0 saturated carbocycles. The van der Waals surface area contributed by atoms with Crippen LogP contribution in [-0.2, 0) is 6.18 Å². The monoisotopic (exact) mass is 383 g/mol. The number of aliphatic hydroxyl groups excluding tert-OH is 1. The van der Waals surface area contributed by atoms with Gasteiger partial charge in [-0.2, -0.15) is 18.2 Å². The van der Waals surface area contributed by atoms with Gasteiger partial charge in [0.2, 0.25) is 5.82 Å². The number of aromatic nitrogens is 2. The molecule has 136 valence electrons. The van der Waals surface area contributed by atoms with Crippen molar-refractivity contribution in [3.05, 3.63) is 58.1 Å². The summed E-state index contributed by atoms with van der Waals surface area (Å²) in [7, 11) is 0. The van der Waals surface area contributed by atoms with Crippen LogP contribution in [0.2, 0.25) is 0 Å². The second-order valence-electron chi connectivity index (χ2n) is 5.24. The number of aliphatic hydroxyl groups is 1. The highest BCUT2D eigenvalue weighted by Crippen LogP contribution is 2.29. The summed E-state index contributed by atoms with van der Waals surface area (Å²) in [5.41, 5.74) is 0.561. The van der Waals surface area contributed by atoms with Crippen LogP contribution in [-0.4, -0.2) is 27.7 Å². The predicted molar refractivity (Wildman–Crippen MR) is 86.3 cm³/mol. The fourth-order valence-electron chi connectivity index (χ4n) is 2.10. The number of rotatable bonds is 5. The van der Waals surface area contributed by atoms with Crippen LogP contribution in [0.1, 0.15) is 27.2 Å². The number of nitrogens with zero attached hydrogens (tertiary/aromatic N) is 2. The van der Waals surface area contributed by atoms with Crippen LogP contribution in [0.5, 0.6) is 0 Å². The van der Waals surface area contributed by atoms with Crippen LogP contribution in [0.4, 0.5) is 13.2 Å². The Labute approximate surface area is 149 Å². The van der Waals surface area contributed by atoms with Crippen LogP contribution >= 0.6 is 11.3 Å². The quantitative estimate of drug-likeness (QED) is 0.706. The summed E-state index contributed by atoms with van der Waals surface area (Å²) in [5, 5.41) is 17.6. The van der Waals surface area contributed by atoms with E-state index >= 15 is 0 Å². The third-order valence-corrected chi connectivity index (χ3v) is 4.37. The minimum atomic E-state index is -4.71. The van der Waals surface area contributed by atoms with E-state index in [4.69, 9.17) is 0 Å². The molecule has 0 saturated heterocycles. The summed E-state index contributed by atoms with van der Waals surface area (Å²) < 4.78 is 41.6. The van der Waals surface area contributed by atoms with E-state index in [9.17, 15) is 23.1 Å². The lowest BCUT2D eigenvalue weighted by Gasteiger charge is -2.10. The molecule has 0 aliphatic rings. The molecule has 0 spiro atoms. The maximum atomic E-state index is 12.5. The van der Waals surface area contributed by atoms with E-state index in [1.54, 1.807) is 12.1 Å². The van der Waals surface area contributed by atoms with Crippen molar-refractivity contribution in [1.29, 1.82) is 0 Å². The van der Waals surface area contributed by atoms with E-state index in [-0.39, 0.29) is 23.5 Å². The highest BCUT2D eigenvalue weighted by atomic mass is 32.1. The summed E-state index contributed by atoms with van der Waals surface area (Å²) in [6.45, 7) is 0.0425. The minimum absolute atomic E-state index is 0.0425. The molecule has 0 bridgehead atoms. The number of carbonyl (C=O) groups is 1. The zero-order chi connectivity index (χ0) is 18.7. The van der Waals surface area contributed by atoms with E-state index < -0.39 is 24.1 Å². The van der Waals surface area contributed by atoms with E-state index in [0.29, 0.717) is 0 Å². The summed E-state index contributed by atoms with van der Waals surface area (Å²) in [4.78, 5) is 16.1. The van der Waals surface area contributed by atoms with Crippen molar-refractivity contribution in [1.82, 2.24) is 15.5 Å². The van der Waals surface area contributed by atoms with Gasteiger partial charge in [-0.15, -0.1) is 11.3 Å². The molecule has 2 heterocycles. The lowest BCUT2D eigenvalue weighted by molar-refractivity contribution is -0.159. The van der Waals surface area contributed by atoms with Crippen LogP contribution in [0.25, 0.3) is 11.4 Å². The molecule has 6 nitrogen and oxygen atoms in total. The van der Waals surface area contributed by atoms with Crippen molar-refractivity contribution in [3.8, 4) is 11.4 Å². The van der Waals surface area contributed by atoms with Crippen molar-refractivity contribution in [3.63, 3.8) is 0 Å². The Hall–Kier alpha value is -2.72. The summed E-state index contributed by atoms with van der Waals surface area (Å²) in [5.74, 6) is -2.08. The number of benzene rings is 1. The van der Waals surface area contributed by atoms with Gasteiger partial charge in [0.15, 0.2) is 0 Å². The number of hydrogen-bond acceptors (Lipinski definition) is 6. The molecule has 0 aliphatic heterocycles. The minimum Gasteiger partial charge on any atom is -0.386 e. The normalized spacial score (nSPS) is 12.8. The molecule has 1 amide bonds. The highest BCUT2D eigenvalue weighted by molar-refractivity contribution is 7.10.